The maximum atomic E-state index is 13.7. The van der Waals surface area contributed by atoms with E-state index >= 15 is 0 Å². The van der Waals surface area contributed by atoms with Crippen molar-refractivity contribution in [2.24, 2.45) is 0 Å². The van der Waals surface area contributed by atoms with E-state index in [-0.39, 0.29) is 6.54 Å². The Kier molecular flexibility index (Phi) is 6.09. The van der Waals surface area contributed by atoms with Gasteiger partial charge in [-0.2, -0.15) is 13.2 Å². The fourth-order valence-electron chi connectivity index (χ4n) is 2.82. The first-order valence-electron chi connectivity index (χ1n) is 8.89. The van der Waals surface area contributed by atoms with Crippen molar-refractivity contribution in [3.63, 3.8) is 0 Å². The largest absolute Gasteiger partial charge is 0.424 e. The second kappa shape index (κ2) is 8.38. The molecule has 1 atom stereocenters. The van der Waals surface area contributed by atoms with Gasteiger partial charge in [0, 0.05) is 25.8 Å². The molecule has 2 aromatic carbocycles. The molecule has 2 N–H and O–H groups in total. The number of aromatic nitrogens is 1. The van der Waals surface area contributed by atoms with E-state index < -0.39 is 29.1 Å². The highest BCUT2D eigenvalue weighted by Crippen LogP contribution is 2.44. The van der Waals surface area contributed by atoms with Crippen LogP contribution in [-0.4, -0.2) is 42.3 Å². The van der Waals surface area contributed by atoms with Crippen molar-refractivity contribution in [2.75, 3.05) is 25.0 Å². The van der Waals surface area contributed by atoms with Crippen molar-refractivity contribution < 1.29 is 23.1 Å². The van der Waals surface area contributed by atoms with Crippen LogP contribution in [0.3, 0.4) is 0 Å². The molecule has 154 valence electrons. The maximum absolute atomic E-state index is 13.7. The predicted octanol–water partition coefficient (Wildman–Crippen LogP) is 3.69. The Bertz CT molecular complexity index is 945. The molecule has 0 aliphatic carbocycles. The maximum Gasteiger partial charge on any atom is 0.424 e. The number of hydrogen-bond donors (Lipinski definition) is 2. The lowest BCUT2D eigenvalue weighted by Gasteiger charge is -2.28. The number of hydrogen-bond acceptors (Lipinski definition) is 5. The molecule has 1 heterocycles. The van der Waals surface area contributed by atoms with E-state index in [0.29, 0.717) is 16.8 Å². The minimum Gasteiger partial charge on any atom is -0.374 e. The third kappa shape index (κ3) is 4.68. The van der Waals surface area contributed by atoms with Crippen LogP contribution in [0, 0.1) is 0 Å². The summed E-state index contributed by atoms with van der Waals surface area (Å²) in [5.74, 6) is -0.898. The molecule has 1 aromatic heterocycles. The number of nitrogens with one attached hydrogen (secondary N) is 1. The minimum absolute atomic E-state index is 0.137. The molecule has 0 aliphatic heterocycles. The second-order valence-electron chi connectivity index (χ2n) is 6.63. The van der Waals surface area contributed by atoms with Crippen molar-refractivity contribution >= 4 is 33.1 Å². The van der Waals surface area contributed by atoms with Crippen LogP contribution in [-0.2, 0) is 10.4 Å². The number of para-hydroxylation sites is 2. The number of rotatable bonds is 7. The molecule has 0 aliphatic rings. The molecular formula is C20H20F3N3O2S. The first-order chi connectivity index (χ1) is 13.7. The molecular weight excluding hydrogens is 403 g/mol. The average molecular weight is 423 g/mol. The fourth-order valence-corrected chi connectivity index (χ4v) is 3.89. The molecule has 0 saturated heterocycles. The van der Waals surface area contributed by atoms with Crippen LogP contribution in [0.4, 0.5) is 18.9 Å². The molecule has 0 bridgehead atoms. The Balaban J connectivity index is 1.67. The molecule has 0 radical (unpaired) electrons. The van der Waals surface area contributed by atoms with Crippen LogP contribution in [0.2, 0.25) is 0 Å². The molecule has 0 saturated carbocycles. The number of halogens is 3. The van der Waals surface area contributed by atoms with E-state index in [1.165, 1.54) is 0 Å². The van der Waals surface area contributed by atoms with Crippen LogP contribution >= 0.6 is 11.3 Å². The topological polar surface area (TPSA) is 65.5 Å². The van der Waals surface area contributed by atoms with Gasteiger partial charge >= 0.3 is 6.18 Å². The molecule has 3 aromatic rings. The number of thiazole rings is 1. The quantitative estimate of drug-likeness (QED) is 0.608. The molecule has 1 amide bonds. The lowest BCUT2D eigenvalue weighted by atomic mass is 9.99. The van der Waals surface area contributed by atoms with Gasteiger partial charge in [-0.3, -0.25) is 4.79 Å². The van der Waals surface area contributed by atoms with Crippen LogP contribution in [0.5, 0.6) is 0 Å². The van der Waals surface area contributed by atoms with Crippen LogP contribution in [0.1, 0.15) is 11.4 Å². The number of carbonyl (C=O) groups excluding carboxylic acids is 1. The number of anilines is 1. The molecule has 3 rings (SSSR count). The Morgan fingerprint density at radius 3 is 2.45 bits per heavy atom. The molecule has 9 heteroatoms. The number of alkyl halides is 3. The molecule has 0 spiro atoms. The van der Waals surface area contributed by atoms with Crippen molar-refractivity contribution in [2.45, 2.75) is 18.2 Å². The molecule has 1 unspecified atom stereocenters. The van der Waals surface area contributed by atoms with Gasteiger partial charge in [0.1, 0.15) is 5.01 Å². The Labute approximate surface area is 169 Å². The fraction of sp³-hybridized carbons (Fsp3) is 0.300. The average Bonchev–Trinajstić information content (AvgIpc) is 3.12. The zero-order valence-corrected chi connectivity index (χ0v) is 16.4. The normalized spacial score (nSPS) is 13.8. The van der Waals surface area contributed by atoms with Crippen LogP contribution in [0.15, 0.2) is 54.6 Å². The zero-order valence-electron chi connectivity index (χ0n) is 15.6. The van der Waals surface area contributed by atoms with Gasteiger partial charge in [0.05, 0.1) is 16.6 Å². The zero-order chi connectivity index (χ0) is 21.1. The van der Waals surface area contributed by atoms with E-state index in [0.717, 1.165) is 17.0 Å². The van der Waals surface area contributed by atoms with E-state index in [1.54, 1.807) is 24.3 Å². The highest BCUT2D eigenvalue weighted by Gasteiger charge is 2.58. The standard InChI is InChI=1S/C20H20F3N3O2S/c1-26(14-7-3-2-4-8-14)12-11-24-17(27)13-19(28,20(21,22)23)18-25-15-9-5-6-10-16(15)29-18/h2-10,28H,11-13H2,1H3,(H,24,27). The van der Waals surface area contributed by atoms with Crippen LogP contribution in [0.25, 0.3) is 10.2 Å². The van der Waals surface area contributed by atoms with Gasteiger partial charge in [-0.05, 0) is 24.3 Å². The van der Waals surface area contributed by atoms with Crippen molar-refractivity contribution in [1.82, 2.24) is 10.3 Å². The number of aliphatic hydroxyl groups is 1. The SMILES string of the molecule is CN(CCNC(=O)CC(O)(c1nc2ccccc2s1)C(F)(F)F)c1ccccc1. The highest BCUT2D eigenvalue weighted by atomic mass is 32.1. The van der Waals surface area contributed by atoms with Gasteiger partial charge < -0.3 is 15.3 Å². The van der Waals surface area contributed by atoms with Gasteiger partial charge in [-0.25, -0.2) is 4.98 Å². The summed E-state index contributed by atoms with van der Waals surface area (Å²) >= 11 is 0.730. The molecule has 5 nitrogen and oxygen atoms in total. The van der Waals surface area contributed by atoms with Crippen molar-refractivity contribution in [3.05, 3.63) is 59.6 Å². The summed E-state index contributed by atoms with van der Waals surface area (Å²) in [5, 5.41) is 12.3. The molecule has 29 heavy (non-hydrogen) atoms. The van der Waals surface area contributed by atoms with Gasteiger partial charge in [-0.1, -0.05) is 30.3 Å². The van der Waals surface area contributed by atoms with Gasteiger partial charge in [0.2, 0.25) is 11.5 Å². The summed E-state index contributed by atoms with van der Waals surface area (Å²) in [5.41, 5.74) is -2.07. The number of fused-ring (bicyclic) bond motifs is 1. The first-order valence-corrected chi connectivity index (χ1v) is 9.70. The Morgan fingerprint density at radius 1 is 1.14 bits per heavy atom. The lowest BCUT2D eigenvalue weighted by Crippen LogP contribution is -2.46. The lowest BCUT2D eigenvalue weighted by molar-refractivity contribution is -0.267. The van der Waals surface area contributed by atoms with Crippen molar-refractivity contribution in [3.8, 4) is 0 Å². The molecule has 0 fully saturated rings. The Morgan fingerprint density at radius 2 is 1.79 bits per heavy atom. The summed E-state index contributed by atoms with van der Waals surface area (Å²) < 4.78 is 41.5. The smallest absolute Gasteiger partial charge is 0.374 e. The van der Waals surface area contributed by atoms with E-state index in [4.69, 9.17) is 0 Å². The van der Waals surface area contributed by atoms with Gasteiger partial charge in [0.25, 0.3) is 0 Å². The third-order valence-corrected chi connectivity index (χ3v) is 5.69. The Hall–Kier alpha value is -2.65. The number of likely N-dealkylation sites (N-methyl/N-ethyl adjacent to an activating group) is 1. The summed E-state index contributed by atoms with van der Waals surface area (Å²) in [7, 11) is 1.81. The van der Waals surface area contributed by atoms with E-state index in [9.17, 15) is 23.1 Å². The second-order valence-corrected chi connectivity index (χ2v) is 7.66. The minimum atomic E-state index is -5.04. The predicted molar refractivity (Wildman–Crippen MR) is 107 cm³/mol. The van der Waals surface area contributed by atoms with E-state index in [2.05, 4.69) is 10.3 Å². The number of nitrogens with zero attached hydrogens (tertiary/aromatic N) is 2. The summed E-state index contributed by atoms with van der Waals surface area (Å²) in [6.45, 7) is 0.541. The highest BCUT2D eigenvalue weighted by molar-refractivity contribution is 7.18. The van der Waals surface area contributed by atoms with Gasteiger partial charge in [-0.15, -0.1) is 11.3 Å². The van der Waals surface area contributed by atoms with E-state index in [1.807, 2.05) is 42.3 Å². The monoisotopic (exact) mass is 423 g/mol. The van der Waals surface area contributed by atoms with Crippen molar-refractivity contribution in [1.29, 1.82) is 0 Å². The summed E-state index contributed by atoms with van der Waals surface area (Å²) in [6, 6.07) is 15.9. The van der Waals surface area contributed by atoms with Crippen LogP contribution < -0.4 is 10.2 Å². The van der Waals surface area contributed by atoms with Gasteiger partial charge in [0.15, 0.2) is 0 Å². The number of amides is 1. The first kappa shape index (κ1) is 21.1. The summed E-state index contributed by atoms with van der Waals surface area (Å²) in [4.78, 5) is 18.0. The number of carbonyl (C=O) groups is 1. The third-order valence-electron chi connectivity index (χ3n) is 4.50. The summed E-state index contributed by atoms with van der Waals surface area (Å²) in [6.07, 6.45) is -6.19. The number of benzene rings is 2.